The molecule has 1 fully saturated rings. The summed E-state index contributed by atoms with van der Waals surface area (Å²) in [5, 5.41) is 4.21. The van der Waals surface area contributed by atoms with Gasteiger partial charge in [0.25, 0.3) is 0 Å². The Bertz CT molecular complexity index is 1150. The first-order chi connectivity index (χ1) is 17.0. The summed E-state index contributed by atoms with van der Waals surface area (Å²) in [6.45, 7) is 5.86. The van der Waals surface area contributed by atoms with E-state index in [1.54, 1.807) is 11.9 Å². The molecule has 0 atom stereocenters. The van der Waals surface area contributed by atoms with E-state index in [0.29, 0.717) is 32.0 Å². The van der Waals surface area contributed by atoms with Crippen molar-refractivity contribution in [3.05, 3.63) is 82.3 Å². The van der Waals surface area contributed by atoms with Crippen LogP contribution < -0.4 is 15.2 Å². The molecule has 7 nitrogen and oxygen atoms in total. The number of aromatic nitrogens is 2. The van der Waals surface area contributed by atoms with Gasteiger partial charge in [-0.1, -0.05) is 42.3 Å². The molecule has 1 aromatic heterocycles. The molecule has 3 aromatic rings. The topological polar surface area (TPSA) is 59.8 Å². The molecule has 4 rings (SSSR count). The lowest BCUT2D eigenvalue weighted by Crippen LogP contribution is -2.44. The second-order valence-electron chi connectivity index (χ2n) is 7.92. The minimum absolute atomic E-state index is 0.00385. The average molecular weight is 503 g/mol. The minimum atomic E-state index is -0.791. The van der Waals surface area contributed by atoms with Crippen molar-refractivity contribution in [2.24, 2.45) is 0 Å². The first-order valence-corrected chi connectivity index (χ1v) is 12.5. The molecule has 0 radical (unpaired) electrons. The maximum absolute atomic E-state index is 13.8. The first-order valence-electron chi connectivity index (χ1n) is 11.5. The normalized spacial score (nSPS) is 14.3. The van der Waals surface area contributed by atoms with E-state index in [1.807, 2.05) is 25.1 Å². The second-order valence-corrected chi connectivity index (χ2v) is 8.99. The van der Waals surface area contributed by atoms with Crippen molar-refractivity contribution in [3.63, 3.8) is 0 Å². The van der Waals surface area contributed by atoms with Crippen LogP contribution in [0.2, 0.25) is 0 Å². The van der Waals surface area contributed by atoms with Gasteiger partial charge in [-0.3, -0.25) is 4.79 Å². The van der Waals surface area contributed by atoms with Crippen LogP contribution in [0.25, 0.3) is 5.69 Å². The van der Waals surface area contributed by atoms with Crippen LogP contribution in [0, 0.1) is 11.6 Å². The highest BCUT2D eigenvalue weighted by Crippen LogP contribution is 2.27. The summed E-state index contributed by atoms with van der Waals surface area (Å²) in [5.74, 6) is -0.592. The third-order valence-corrected chi connectivity index (χ3v) is 6.71. The van der Waals surface area contributed by atoms with Gasteiger partial charge in [0.1, 0.15) is 23.9 Å². The van der Waals surface area contributed by atoms with E-state index in [9.17, 15) is 13.6 Å². The molecule has 0 bridgehead atoms. The molecule has 1 aliphatic rings. The van der Waals surface area contributed by atoms with E-state index in [-0.39, 0.29) is 18.0 Å². The molecule has 0 N–H and O–H groups in total. The Hall–Kier alpha value is -2.95. The number of halogens is 2. The van der Waals surface area contributed by atoms with Crippen LogP contribution in [-0.2, 0) is 10.5 Å². The summed E-state index contributed by atoms with van der Waals surface area (Å²) in [7, 11) is 0. The van der Waals surface area contributed by atoms with Crippen molar-refractivity contribution in [1.82, 2.24) is 14.1 Å². The lowest BCUT2D eigenvalue weighted by molar-refractivity contribution is 0.109. The highest BCUT2D eigenvalue weighted by atomic mass is 32.2. The molecule has 0 amide bonds. The predicted molar refractivity (Wildman–Crippen MR) is 133 cm³/mol. The van der Waals surface area contributed by atoms with Gasteiger partial charge in [-0.25, -0.2) is 13.1 Å². The summed E-state index contributed by atoms with van der Waals surface area (Å²) in [6, 6.07) is 13.2. The Kier molecular flexibility index (Phi) is 8.73. The lowest BCUT2D eigenvalue weighted by atomic mass is 10.2. The Morgan fingerprint density at radius 3 is 2.40 bits per heavy atom. The van der Waals surface area contributed by atoms with E-state index in [0.717, 1.165) is 41.7 Å². The maximum Gasteiger partial charge on any atom is 0.316 e. The largest absolute Gasteiger partial charge is 0.484 e. The fraction of sp³-hybridized carbons (Fsp3) is 0.360. The van der Waals surface area contributed by atoms with Crippen LogP contribution >= 0.6 is 11.9 Å². The van der Waals surface area contributed by atoms with Gasteiger partial charge >= 0.3 is 5.56 Å². The Balaban J connectivity index is 1.51. The average Bonchev–Trinajstić information content (AvgIpc) is 2.86. The van der Waals surface area contributed by atoms with Gasteiger partial charge in [-0.2, -0.15) is 9.78 Å². The monoisotopic (exact) mass is 502 g/mol. The number of piperazine rings is 1. The Morgan fingerprint density at radius 2 is 1.71 bits per heavy atom. The van der Waals surface area contributed by atoms with Crippen LogP contribution in [0.4, 0.5) is 14.5 Å². The fourth-order valence-corrected chi connectivity index (χ4v) is 4.73. The molecule has 1 saturated heterocycles. The third-order valence-electron chi connectivity index (χ3n) is 5.52. The summed E-state index contributed by atoms with van der Waals surface area (Å²) in [4.78, 5) is 15.3. The van der Waals surface area contributed by atoms with Crippen molar-refractivity contribution >= 4 is 17.6 Å². The summed E-state index contributed by atoms with van der Waals surface area (Å²) in [6.07, 6.45) is 1.52. The fourth-order valence-electron chi connectivity index (χ4n) is 3.78. The van der Waals surface area contributed by atoms with Crippen LogP contribution in [0.5, 0.6) is 5.75 Å². The molecule has 186 valence electrons. The number of hydrogen-bond acceptors (Lipinski definition) is 7. The molecule has 0 unspecified atom stereocenters. The van der Waals surface area contributed by atoms with Gasteiger partial charge in [0, 0.05) is 44.6 Å². The van der Waals surface area contributed by atoms with Crippen LogP contribution in [-0.4, -0.2) is 60.1 Å². The number of hydrogen-bond donors (Lipinski definition) is 0. The molecule has 2 aromatic carbocycles. The number of ether oxygens (including phenoxy) is 2. The van der Waals surface area contributed by atoms with Gasteiger partial charge in [0.05, 0.1) is 18.5 Å². The molecule has 35 heavy (non-hydrogen) atoms. The SMILES string of the molecule is CCOCCOc1c(N2CCN(SCc3ccccc3)CC2)cnn(-c2cc(F)cc(F)c2)c1=O. The quantitative estimate of drug-likeness (QED) is 0.308. The first kappa shape index (κ1) is 25.2. The molecule has 10 heteroatoms. The summed E-state index contributed by atoms with van der Waals surface area (Å²) < 4.78 is 42.0. The lowest BCUT2D eigenvalue weighted by Gasteiger charge is -2.35. The number of benzene rings is 2. The van der Waals surface area contributed by atoms with E-state index in [1.165, 1.54) is 11.8 Å². The molecule has 0 spiro atoms. The number of anilines is 1. The molecule has 1 aliphatic heterocycles. The Morgan fingerprint density at radius 1 is 1.00 bits per heavy atom. The zero-order valence-electron chi connectivity index (χ0n) is 19.5. The van der Waals surface area contributed by atoms with Crippen molar-refractivity contribution < 1.29 is 18.3 Å². The molecular weight excluding hydrogens is 474 g/mol. The molecule has 0 saturated carbocycles. The van der Waals surface area contributed by atoms with E-state index < -0.39 is 17.2 Å². The number of rotatable bonds is 10. The highest BCUT2D eigenvalue weighted by molar-refractivity contribution is 7.96. The predicted octanol–water partition coefficient (Wildman–Crippen LogP) is 3.90. The highest BCUT2D eigenvalue weighted by Gasteiger charge is 2.24. The molecular formula is C25H28F2N4O3S. The summed E-state index contributed by atoms with van der Waals surface area (Å²) in [5.41, 5.74) is 1.25. The van der Waals surface area contributed by atoms with Gasteiger partial charge in [0.15, 0.2) is 0 Å². The van der Waals surface area contributed by atoms with Crippen molar-refractivity contribution in [2.75, 3.05) is 50.9 Å². The van der Waals surface area contributed by atoms with Crippen LogP contribution in [0.15, 0.2) is 59.5 Å². The van der Waals surface area contributed by atoms with E-state index in [4.69, 9.17) is 9.47 Å². The second kappa shape index (κ2) is 12.1. The van der Waals surface area contributed by atoms with E-state index >= 15 is 0 Å². The van der Waals surface area contributed by atoms with Gasteiger partial charge in [0.2, 0.25) is 5.75 Å². The Labute approximate surface area is 207 Å². The number of nitrogens with zero attached hydrogens (tertiary/aromatic N) is 4. The van der Waals surface area contributed by atoms with E-state index in [2.05, 4.69) is 26.4 Å². The van der Waals surface area contributed by atoms with Crippen molar-refractivity contribution in [2.45, 2.75) is 12.7 Å². The third kappa shape index (κ3) is 6.59. The van der Waals surface area contributed by atoms with Crippen LogP contribution in [0.3, 0.4) is 0 Å². The van der Waals surface area contributed by atoms with Crippen molar-refractivity contribution in [1.29, 1.82) is 0 Å². The van der Waals surface area contributed by atoms with Gasteiger partial charge < -0.3 is 14.4 Å². The zero-order chi connectivity index (χ0) is 24.6. The van der Waals surface area contributed by atoms with Crippen LogP contribution in [0.1, 0.15) is 12.5 Å². The van der Waals surface area contributed by atoms with Gasteiger partial charge in [-0.05, 0) is 24.6 Å². The summed E-state index contributed by atoms with van der Waals surface area (Å²) >= 11 is 1.78. The maximum atomic E-state index is 13.8. The van der Waals surface area contributed by atoms with Crippen molar-refractivity contribution in [3.8, 4) is 11.4 Å². The molecule has 0 aliphatic carbocycles. The van der Waals surface area contributed by atoms with Gasteiger partial charge in [-0.15, -0.1) is 0 Å². The molecule has 2 heterocycles. The smallest absolute Gasteiger partial charge is 0.316 e. The zero-order valence-corrected chi connectivity index (χ0v) is 20.3. The standard InChI is InChI=1S/C25H28F2N4O3S/c1-2-33-12-13-34-24-23(17-28-31(25(24)32)22-15-20(26)14-21(27)16-22)29-8-10-30(11-9-29)35-18-19-6-4-3-5-7-19/h3-7,14-17H,2,8-13,18H2,1H3. The minimum Gasteiger partial charge on any atom is -0.484 e.